The van der Waals surface area contributed by atoms with Crippen LogP contribution in [0.25, 0.3) is 0 Å². The number of piperazine rings is 2. The molecule has 4 amide bonds. The number of ketones is 2. The number of hydrogen-bond acceptors (Lipinski definition) is 15. The summed E-state index contributed by atoms with van der Waals surface area (Å²) in [5.41, 5.74) is 6.42. The molecule has 2 saturated heterocycles. The number of aromatic nitrogens is 2. The topological polar surface area (TPSA) is 238 Å². The molecule has 0 radical (unpaired) electrons. The summed E-state index contributed by atoms with van der Waals surface area (Å²) < 4.78 is 5.51. The van der Waals surface area contributed by atoms with Gasteiger partial charge in [0.25, 0.3) is 0 Å². The fraction of sp³-hybridized carbons (Fsp3) is 0.388. The van der Waals surface area contributed by atoms with Crippen molar-refractivity contribution in [3.63, 3.8) is 0 Å². The lowest BCUT2D eigenvalue weighted by molar-refractivity contribution is -0.142. The molecule has 23 heteroatoms. The predicted octanol–water partition coefficient (Wildman–Crippen LogP) is 7.70. The third-order valence-electron chi connectivity index (χ3n) is 16.3. The summed E-state index contributed by atoms with van der Waals surface area (Å²) >= 11 is 12.0. The number of carboxylic acid groups (broad SMARTS) is 1. The second-order valence-corrected chi connectivity index (χ2v) is 24.8. The number of pyridine rings is 2. The van der Waals surface area contributed by atoms with Gasteiger partial charge in [-0.15, -0.1) is 0 Å². The third kappa shape index (κ3) is 18.2. The zero-order valence-electron chi connectivity index (χ0n) is 52.0. The Labute approximate surface area is 536 Å². The molecule has 0 aliphatic carbocycles. The van der Waals surface area contributed by atoms with Gasteiger partial charge in [-0.3, -0.25) is 33.8 Å². The van der Waals surface area contributed by atoms with Crippen molar-refractivity contribution in [1.29, 1.82) is 0 Å². The van der Waals surface area contributed by atoms with Crippen LogP contribution in [-0.2, 0) is 62.7 Å². The second kappa shape index (κ2) is 31.0. The van der Waals surface area contributed by atoms with Crippen LogP contribution in [0.2, 0.25) is 16.9 Å². The van der Waals surface area contributed by atoms with Crippen molar-refractivity contribution in [1.82, 2.24) is 40.1 Å². The number of nitrogens with one attached hydrogen (secondary N) is 2. The Bertz CT molecular complexity index is 3500. The maximum atomic E-state index is 13.9. The molecular weight excluding hydrogens is 1190 g/mol. The summed E-state index contributed by atoms with van der Waals surface area (Å²) in [5, 5.41) is 26.1. The van der Waals surface area contributed by atoms with E-state index in [0.29, 0.717) is 72.6 Å². The van der Waals surface area contributed by atoms with Crippen molar-refractivity contribution in [2.45, 2.75) is 110 Å². The number of Topliss-reactive ketones (excluding diaryl/α,β-unsaturated/α-hetero) is 2. The van der Waals surface area contributed by atoms with Crippen LogP contribution < -0.4 is 20.4 Å². The van der Waals surface area contributed by atoms with Gasteiger partial charge in [-0.2, -0.15) is 0 Å². The van der Waals surface area contributed by atoms with Gasteiger partial charge in [0.1, 0.15) is 35.4 Å². The zero-order valence-corrected chi connectivity index (χ0v) is 53.5. The quantitative estimate of drug-likeness (QED) is 0.0569. The zero-order chi connectivity index (χ0) is 64.8. The molecule has 4 aromatic carbocycles. The van der Waals surface area contributed by atoms with Crippen LogP contribution >= 0.6 is 23.2 Å². The molecule has 4 aliphatic rings. The maximum absolute atomic E-state index is 13.9. The molecule has 4 N–H and O–H groups in total. The first-order valence-corrected chi connectivity index (χ1v) is 31.0. The molecule has 4 unspecified atom stereocenters. The SMILES string of the molecule is CB(O)N1CCN(c2ncccc2C(C)=O)CC1.CC(=O)c1cccnc1N1CCN(C(=O)C(Cc2ccc(Cl)cc2)NC(=O)C2Cc3ccccc3CN2C)CC1.CC(C)(C)OC(=O)N1Cc2ccccc2CC1C(=O)NC(Cc1ccc(Cl)cc1)C(=O)O. The average Bonchev–Trinajstić information content (AvgIpc) is 2.35. The molecule has 90 heavy (non-hydrogen) atoms. The van der Waals surface area contributed by atoms with Gasteiger partial charge in [0.05, 0.1) is 23.7 Å². The van der Waals surface area contributed by atoms with Gasteiger partial charge in [-0.05, 0) is 137 Å². The van der Waals surface area contributed by atoms with Crippen LogP contribution in [0.15, 0.2) is 134 Å². The lowest BCUT2D eigenvalue weighted by Gasteiger charge is -2.38. The number of carboxylic acids is 1. The summed E-state index contributed by atoms with van der Waals surface area (Å²) in [5.74, 6) is -0.556. The Hall–Kier alpha value is -8.21. The Balaban J connectivity index is 0.000000186. The molecule has 4 atom stereocenters. The minimum Gasteiger partial charge on any atom is -0.480 e. The summed E-state index contributed by atoms with van der Waals surface area (Å²) in [4.78, 5) is 109. The van der Waals surface area contributed by atoms with Crippen LogP contribution in [0.5, 0.6) is 0 Å². The molecule has 0 saturated carbocycles. The Morgan fingerprint density at radius 3 is 1.50 bits per heavy atom. The highest BCUT2D eigenvalue weighted by Crippen LogP contribution is 2.28. The monoisotopic (exact) mass is 1260 g/mol. The highest BCUT2D eigenvalue weighted by atomic mass is 35.5. The molecule has 0 spiro atoms. The van der Waals surface area contributed by atoms with Crippen molar-refractivity contribution in [3.8, 4) is 0 Å². The standard InChI is InChI=1S/C31H34ClN5O3.C24H27ClN2O5.C12H18BN3O2/c1-21(38)26-8-5-13-33-29(26)36-14-16-37(17-15-36)31(40)27(18-22-9-11-25(32)12-10-22)34-30(39)28-19-23-6-3-4-7-24(23)20-35(28)2;1-24(2,3)32-23(31)27-14-17-7-5-4-6-16(17)13-20(27)21(28)26-19(22(29)30)12-15-8-10-18(25)11-9-15;1-10(17)11-4-3-5-14-12(11)15-6-8-16(9-7-15)13(2)18/h3-13,27-28H,14-20H2,1-2H3,(H,34,39);4-11,19-20H,12-14H2,1-3H3,(H,26,28)(H,29,30);3-5,18H,6-9H2,1-2H3. The van der Waals surface area contributed by atoms with Crippen LogP contribution in [0.4, 0.5) is 16.4 Å². The van der Waals surface area contributed by atoms with Gasteiger partial charge in [-0.1, -0.05) is 96.0 Å². The number of carbonyl (C=O) groups excluding carboxylic acids is 6. The lowest BCUT2D eigenvalue weighted by Crippen LogP contribution is -2.58. The van der Waals surface area contributed by atoms with Crippen molar-refractivity contribution in [3.05, 3.63) is 188 Å². The fourth-order valence-electron chi connectivity index (χ4n) is 11.4. The summed E-state index contributed by atoms with van der Waals surface area (Å²) in [7, 11) is 1.53. The van der Waals surface area contributed by atoms with E-state index >= 15 is 0 Å². The number of carbonyl (C=O) groups is 7. The molecule has 2 aromatic heterocycles. The van der Waals surface area contributed by atoms with Gasteiger partial charge >= 0.3 is 19.1 Å². The van der Waals surface area contributed by atoms with Gasteiger partial charge in [0.15, 0.2) is 11.6 Å². The second-order valence-electron chi connectivity index (χ2n) is 24.0. The molecule has 10 rings (SSSR count). The van der Waals surface area contributed by atoms with Gasteiger partial charge in [-0.25, -0.2) is 19.6 Å². The van der Waals surface area contributed by atoms with E-state index in [9.17, 15) is 43.7 Å². The Kier molecular flexibility index (Phi) is 23.3. The number of likely N-dealkylation sites (N-methyl/N-ethyl adjacent to an activating group) is 1. The summed E-state index contributed by atoms with van der Waals surface area (Å²) in [6, 6.07) is 33.9. The largest absolute Gasteiger partial charge is 0.480 e. The van der Waals surface area contributed by atoms with E-state index in [2.05, 4.69) is 37.6 Å². The van der Waals surface area contributed by atoms with E-state index in [1.807, 2.05) is 76.3 Å². The van der Waals surface area contributed by atoms with Gasteiger partial charge in [0, 0.05) is 101 Å². The number of rotatable bonds is 15. The number of hydrogen-bond donors (Lipinski definition) is 4. The van der Waals surface area contributed by atoms with Crippen LogP contribution in [0.1, 0.15) is 88.7 Å². The van der Waals surface area contributed by atoms with Gasteiger partial charge < -0.3 is 45.0 Å². The highest BCUT2D eigenvalue weighted by molar-refractivity contribution is 6.45. The molecule has 6 aromatic rings. The third-order valence-corrected chi connectivity index (χ3v) is 16.8. The molecule has 2 fully saturated rings. The van der Waals surface area contributed by atoms with Crippen LogP contribution in [-0.4, -0.2) is 177 Å². The number of ether oxygens (including phenoxy) is 1. The summed E-state index contributed by atoms with van der Waals surface area (Å²) in [6.07, 6.45) is 4.10. The van der Waals surface area contributed by atoms with E-state index in [1.54, 1.807) is 106 Å². The van der Waals surface area contributed by atoms with Crippen LogP contribution in [0.3, 0.4) is 0 Å². The number of amides is 4. The number of fused-ring (bicyclic) bond motifs is 2. The van der Waals surface area contributed by atoms with Crippen LogP contribution in [0, 0.1) is 0 Å². The first-order valence-electron chi connectivity index (χ1n) is 30.2. The lowest BCUT2D eigenvalue weighted by atomic mass is 9.84. The average molecular weight is 1270 g/mol. The molecular formula is C67H79BCl2N10O10. The Morgan fingerprint density at radius 2 is 1.03 bits per heavy atom. The van der Waals surface area contributed by atoms with E-state index in [4.69, 9.17) is 27.9 Å². The molecule has 6 heterocycles. The maximum Gasteiger partial charge on any atom is 0.411 e. The van der Waals surface area contributed by atoms with E-state index in [1.165, 1.54) is 17.4 Å². The van der Waals surface area contributed by atoms with Crippen molar-refractivity contribution in [2.24, 2.45) is 0 Å². The minimum absolute atomic E-state index is 0.0380. The first-order chi connectivity index (χ1) is 42.9. The smallest absolute Gasteiger partial charge is 0.411 e. The van der Waals surface area contributed by atoms with E-state index in [-0.39, 0.29) is 48.8 Å². The molecule has 20 nitrogen and oxygen atoms in total. The normalized spacial score (nSPS) is 17.3. The van der Waals surface area contributed by atoms with E-state index < -0.39 is 48.7 Å². The number of benzene rings is 4. The number of anilines is 2. The fourth-order valence-corrected chi connectivity index (χ4v) is 11.6. The number of nitrogens with zero attached hydrogens (tertiary/aromatic N) is 8. The highest BCUT2D eigenvalue weighted by Gasteiger charge is 2.39. The number of halogens is 2. The van der Waals surface area contributed by atoms with Gasteiger partial charge in [0.2, 0.25) is 17.7 Å². The summed E-state index contributed by atoms with van der Waals surface area (Å²) in [6.45, 7) is 16.2. The predicted molar refractivity (Wildman–Crippen MR) is 348 cm³/mol. The molecule has 474 valence electrons. The van der Waals surface area contributed by atoms with Crippen molar-refractivity contribution in [2.75, 3.05) is 69.2 Å². The Morgan fingerprint density at radius 1 is 0.600 bits per heavy atom. The van der Waals surface area contributed by atoms with E-state index in [0.717, 1.165) is 59.8 Å². The molecule has 0 bridgehead atoms. The van der Waals surface area contributed by atoms with Crippen molar-refractivity contribution < 1.29 is 48.4 Å². The van der Waals surface area contributed by atoms with Crippen molar-refractivity contribution >= 4 is 83.2 Å². The minimum atomic E-state index is -1.16. The number of aliphatic carboxylic acids is 1. The first kappa shape index (κ1) is 67.7. The molecule has 4 aliphatic heterocycles.